The van der Waals surface area contributed by atoms with Gasteiger partial charge in [-0.3, -0.25) is 14.3 Å². The van der Waals surface area contributed by atoms with Gasteiger partial charge in [0.1, 0.15) is 5.69 Å². The summed E-state index contributed by atoms with van der Waals surface area (Å²) in [5.41, 5.74) is 1.02. The van der Waals surface area contributed by atoms with Gasteiger partial charge in [-0.2, -0.15) is 5.10 Å². The van der Waals surface area contributed by atoms with E-state index in [4.69, 9.17) is 0 Å². The molecule has 1 aromatic rings. The van der Waals surface area contributed by atoms with Crippen LogP contribution in [-0.2, 0) is 6.54 Å². The molecule has 1 aromatic heterocycles. The maximum atomic E-state index is 12.8. The minimum atomic E-state index is -0.0202. The number of carbonyl (C=O) groups is 2. The van der Waals surface area contributed by atoms with Gasteiger partial charge >= 0.3 is 0 Å². The molecule has 0 unspecified atom stereocenters. The largest absolute Gasteiger partial charge is 0.337 e. The fourth-order valence-corrected chi connectivity index (χ4v) is 4.46. The summed E-state index contributed by atoms with van der Waals surface area (Å²) in [6.45, 7) is 3.88. The lowest BCUT2D eigenvalue weighted by Gasteiger charge is -2.32. The third kappa shape index (κ3) is 3.44. The molecule has 0 radical (unpaired) electrons. The summed E-state index contributed by atoms with van der Waals surface area (Å²) in [5, 5.41) is 4.44. The Labute approximate surface area is 149 Å². The number of nitrogens with zero attached hydrogens (tertiary/aromatic N) is 4. The molecule has 0 aromatic carbocycles. The predicted molar refractivity (Wildman–Crippen MR) is 94.5 cm³/mol. The first-order valence-corrected chi connectivity index (χ1v) is 9.89. The van der Waals surface area contributed by atoms with Crippen LogP contribution in [0.25, 0.3) is 0 Å². The minimum Gasteiger partial charge on any atom is -0.337 e. The molecule has 1 aliphatic carbocycles. The third-order valence-electron chi connectivity index (χ3n) is 5.93. The van der Waals surface area contributed by atoms with Gasteiger partial charge in [0.2, 0.25) is 0 Å². The molecule has 0 atom stereocenters. The van der Waals surface area contributed by atoms with Crippen LogP contribution in [0.15, 0.2) is 6.07 Å². The number of hydrogen-bond donors (Lipinski definition) is 0. The quantitative estimate of drug-likeness (QED) is 0.847. The molecule has 3 heterocycles. The second-order valence-corrected chi connectivity index (χ2v) is 7.75. The summed E-state index contributed by atoms with van der Waals surface area (Å²) in [5.74, 6) is 0.664. The second-order valence-electron chi connectivity index (χ2n) is 7.75. The molecule has 25 heavy (non-hydrogen) atoms. The first-order valence-electron chi connectivity index (χ1n) is 9.89. The van der Waals surface area contributed by atoms with Gasteiger partial charge in [-0.05, 0) is 38.0 Å². The highest BCUT2D eigenvalue weighted by atomic mass is 16.2. The van der Waals surface area contributed by atoms with Crippen LogP contribution in [0.4, 0.5) is 0 Å². The minimum absolute atomic E-state index is 0.0202. The van der Waals surface area contributed by atoms with E-state index in [0.717, 1.165) is 32.5 Å². The molecule has 6 heteroatoms. The summed E-state index contributed by atoms with van der Waals surface area (Å²) >= 11 is 0. The van der Waals surface area contributed by atoms with Crippen LogP contribution in [0.3, 0.4) is 0 Å². The molecule has 2 aliphatic heterocycles. The Bertz CT molecular complexity index is 642. The van der Waals surface area contributed by atoms with Crippen LogP contribution in [0.5, 0.6) is 0 Å². The average molecular weight is 344 g/mol. The van der Waals surface area contributed by atoms with E-state index < -0.39 is 0 Å². The summed E-state index contributed by atoms with van der Waals surface area (Å²) < 4.78 is 1.73. The Balaban J connectivity index is 1.45. The van der Waals surface area contributed by atoms with Gasteiger partial charge in [0.15, 0.2) is 5.69 Å². The van der Waals surface area contributed by atoms with Crippen molar-refractivity contribution >= 4 is 11.8 Å². The monoisotopic (exact) mass is 344 g/mol. The molecule has 0 spiro atoms. The first kappa shape index (κ1) is 16.6. The Morgan fingerprint density at radius 2 is 1.72 bits per heavy atom. The van der Waals surface area contributed by atoms with E-state index in [1.54, 1.807) is 10.7 Å². The number of hydrogen-bond acceptors (Lipinski definition) is 3. The van der Waals surface area contributed by atoms with Gasteiger partial charge in [-0.1, -0.05) is 19.3 Å². The summed E-state index contributed by atoms with van der Waals surface area (Å²) in [7, 11) is 0. The van der Waals surface area contributed by atoms with Crippen molar-refractivity contribution < 1.29 is 9.59 Å². The Morgan fingerprint density at radius 1 is 1.00 bits per heavy atom. The summed E-state index contributed by atoms with van der Waals surface area (Å²) in [6.07, 6.45) is 9.71. The van der Waals surface area contributed by atoms with Crippen molar-refractivity contribution in [1.82, 2.24) is 19.6 Å². The van der Waals surface area contributed by atoms with E-state index in [9.17, 15) is 9.59 Å². The van der Waals surface area contributed by atoms with Crippen molar-refractivity contribution in [2.45, 2.75) is 57.9 Å². The summed E-state index contributed by atoms with van der Waals surface area (Å²) in [4.78, 5) is 29.3. The zero-order valence-electron chi connectivity index (χ0n) is 15.0. The molecule has 0 bridgehead atoms. The highest BCUT2D eigenvalue weighted by molar-refractivity contribution is 5.98. The molecule has 1 saturated heterocycles. The van der Waals surface area contributed by atoms with Crippen molar-refractivity contribution in [2.75, 3.05) is 26.2 Å². The second kappa shape index (κ2) is 7.18. The van der Waals surface area contributed by atoms with Crippen molar-refractivity contribution in [3.63, 3.8) is 0 Å². The van der Waals surface area contributed by atoms with Gasteiger partial charge in [-0.15, -0.1) is 0 Å². The maximum Gasteiger partial charge on any atom is 0.274 e. The van der Waals surface area contributed by atoms with E-state index >= 15 is 0 Å². The van der Waals surface area contributed by atoms with Gasteiger partial charge in [0.25, 0.3) is 11.8 Å². The van der Waals surface area contributed by atoms with Gasteiger partial charge in [0.05, 0.1) is 6.54 Å². The highest BCUT2D eigenvalue weighted by Gasteiger charge is 2.31. The molecule has 6 nitrogen and oxygen atoms in total. The van der Waals surface area contributed by atoms with Crippen LogP contribution in [0.2, 0.25) is 0 Å². The molecule has 2 fully saturated rings. The van der Waals surface area contributed by atoms with Crippen LogP contribution >= 0.6 is 0 Å². The highest BCUT2D eigenvalue weighted by Crippen LogP contribution is 2.26. The fraction of sp³-hybridized carbons (Fsp3) is 0.737. The van der Waals surface area contributed by atoms with E-state index in [-0.39, 0.29) is 11.8 Å². The Kier molecular flexibility index (Phi) is 4.77. The average Bonchev–Trinajstić information content (AvgIpc) is 3.10. The smallest absolute Gasteiger partial charge is 0.274 e. The zero-order chi connectivity index (χ0) is 17.2. The van der Waals surface area contributed by atoms with Crippen LogP contribution < -0.4 is 0 Å². The lowest BCUT2D eigenvalue weighted by molar-refractivity contribution is 0.0649. The van der Waals surface area contributed by atoms with E-state index in [0.29, 0.717) is 30.4 Å². The Hall–Kier alpha value is -1.85. The molecule has 2 amide bonds. The van der Waals surface area contributed by atoms with Gasteiger partial charge in [0, 0.05) is 32.2 Å². The predicted octanol–water partition coefficient (Wildman–Crippen LogP) is 2.55. The number of amides is 2. The van der Waals surface area contributed by atoms with Crippen LogP contribution in [0.1, 0.15) is 72.3 Å². The lowest BCUT2D eigenvalue weighted by Crippen LogP contribution is -2.43. The molecule has 4 rings (SSSR count). The van der Waals surface area contributed by atoms with Gasteiger partial charge in [-0.25, -0.2) is 0 Å². The number of piperidine rings is 1. The van der Waals surface area contributed by atoms with Crippen LogP contribution in [-0.4, -0.2) is 57.6 Å². The molecule has 1 saturated carbocycles. The zero-order valence-corrected chi connectivity index (χ0v) is 15.0. The standard InChI is InChI=1S/C19H28N4O2/c24-18(21-9-5-2-6-10-21)16-13-17-19(25)22(11-12-23(17)20-16)14-15-7-3-1-4-8-15/h13,15H,1-12,14H2. The first-order chi connectivity index (χ1) is 12.2. The third-order valence-corrected chi connectivity index (χ3v) is 5.93. The number of carbonyl (C=O) groups excluding carboxylic acids is 2. The number of rotatable bonds is 3. The topological polar surface area (TPSA) is 58.4 Å². The van der Waals surface area contributed by atoms with Crippen molar-refractivity contribution in [2.24, 2.45) is 5.92 Å². The van der Waals surface area contributed by atoms with Crippen LogP contribution in [0, 0.1) is 5.92 Å². The number of fused-ring (bicyclic) bond motifs is 1. The molecular weight excluding hydrogens is 316 g/mol. The molecule has 3 aliphatic rings. The van der Waals surface area contributed by atoms with Crippen molar-refractivity contribution in [3.05, 3.63) is 17.5 Å². The van der Waals surface area contributed by atoms with E-state index in [1.165, 1.54) is 38.5 Å². The van der Waals surface area contributed by atoms with Crippen molar-refractivity contribution in [3.8, 4) is 0 Å². The molecule has 136 valence electrons. The fourth-order valence-electron chi connectivity index (χ4n) is 4.46. The molecular formula is C19H28N4O2. The maximum absolute atomic E-state index is 12.8. The van der Waals surface area contributed by atoms with Crippen molar-refractivity contribution in [1.29, 1.82) is 0 Å². The lowest BCUT2D eigenvalue weighted by atomic mass is 9.89. The normalized spacial score (nSPS) is 22.2. The van der Waals surface area contributed by atoms with Gasteiger partial charge < -0.3 is 9.80 Å². The molecule has 0 N–H and O–H groups in total. The number of likely N-dealkylation sites (tertiary alicyclic amines) is 1. The summed E-state index contributed by atoms with van der Waals surface area (Å²) in [6, 6.07) is 1.71. The SMILES string of the molecule is O=C(c1cc2n(n1)CCN(CC1CCCCC1)C2=O)N1CCCCC1. The Morgan fingerprint density at radius 3 is 2.48 bits per heavy atom. The van der Waals surface area contributed by atoms with E-state index in [1.807, 2.05) is 9.80 Å². The van der Waals surface area contributed by atoms with E-state index in [2.05, 4.69) is 5.10 Å². The number of aromatic nitrogens is 2.